The summed E-state index contributed by atoms with van der Waals surface area (Å²) < 4.78 is 29.1. The largest absolute Gasteiger partial charge is 0.469 e. The van der Waals surface area contributed by atoms with Crippen LogP contribution in [0.25, 0.3) is 0 Å². The molecule has 3 aliphatic heterocycles. The third kappa shape index (κ3) is 5.59. The predicted molar refractivity (Wildman–Crippen MR) is 131 cm³/mol. The van der Waals surface area contributed by atoms with Gasteiger partial charge in [-0.2, -0.15) is 0 Å². The maximum absolute atomic E-state index is 13.3. The van der Waals surface area contributed by atoms with Crippen LogP contribution in [0.3, 0.4) is 0 Å². The molecule has 3 heterocycles. The zero-order valence-electron chi connectivity index (χ0n) is 21.7. The van der Waals surface area contributed by atoms with Gasteiger partial charge in [-0.25, -0.2) is 9.59 Å². The Morgan fingerprint density at radius 2 is 2.05 bits per heavy atom. The summed E-state index contributed by atoms with van der Waals surface area (Å²) in [5.74, 6) is -4.53. The quantitative estimate of drug-likeness (QED) is 0.191. The third-order valence-electron chi connectivity index (χ3n) is 7.78. The number of carbonyl (C=O) groups excluding carboxylic acids is 3. The predicted octanol–water partition coefficient (Wildman–Crippen LogP) is 1.69. The molecule has 11 heteroatoms. The Hall–Kier alpha value is -1.98. The van der Waals surface area contributed by atoms with E-state index in [4.69, 9.17) is 35.3 Å². The van der Waals surface area contributed by atoms with Crippen LogP contribution in [-0.4, -0.2) is 90.4 Å². The van der Waals surface area contributed by atoms with Crippen molar-refractivity contribution in [2.45, 2.75) is 76.2 Å². The molecule has 3 aliphatic rings. The number of aliphatic hydroxyl groups excluding tert-OH is 2. The van der Waals surface area contributed by atoms with Crippen LogP contribution >= 0.6 is 11.6 Å². The number of alkyl halides is 1. The van der Waals surface area contributed by atoms with Gasteiger partial charge in [0.25, 0.3) is 0 Å². The molecule has 9 atom stereocenters. The first-order valence-electron chi connectivity index (χ1n) is 12.6. The lowest BCUT2D eigenvalue weighted by Gasteiger charge is -2.38. The molecule has 208 valence electrons. The number of hydrogen-bond donors (Lipinski definition) is 2. The van der Waals surface area contributed by atoms with Crippen molar-refractivity contribution >= 4 is 29.5 Å². The van der Waals surface area contributed by atoms with Gasteiger partial charge >= 0.3 is 17.9 Å². The van der Waals surface area contributed by atoms with E-state index in [1.54, 1.807) is 6.92 Å². The first-order valence-corrected chi connectivity index (χ1v) is 13.1. The molecule has 0 aliphatic carbocycles. The highest BCUT2D eigenvalue weighted by molar-refractivity contribution is 6.18. The second-order valence-electron chi connectivity index (χ2n) is 9.96. The molecule has 3 saturated heterocycles. The van der Waals surface area contributed by atoms with Crippen molar-refractivity contribution in [3.05, 3.63) is 23.8 Å². The van der Waals surface area contributed by atoms with E-state index in [9.17, 15) is 24.6 Å². The molecule has 0 unspecified atom stereocenters. The minimum Gasteiger partial charge on any atom is -0.469 e. The standard InChI is InChI=1S/C26H37ClO10/c1-6-13(3)11-34-19-18(25(32)33-5)16-8-9-26(12-27,37-16)22(29)21-17(14(4)23(30)36-21)20(19)35-24(31)15(7-2)10-28/h7,13,16-22,28-29H,4,6,8-12H2,1-3,5H3/b15-7+/t13-,16+,17+,18-,19-,20-,21-,22+,26+/m0/s1. The number of hydrogen-bond acceptors (Lipinski definition) is 10. The van der Waals surface area contributed by atoms with Crippen molar-refractivity contribution in [3.8, 4) is 0 Å². The second kappa shape index (κ2) is 12.3. The second-order valence-corrected chi connectivity index (χ2v) is 10.2. The molecule has 0 aromatic heterocycles. The van der Waals surface area contributed by atoms with E-state index in [-0.39, 0.29) is 29.6 Å². The fourth-order valence-corrected chi connectivity index (χ4v) is 5.61. The lowest BCUT2D eigenvalue weighted by Crippen LogP contribution is -2.55. The number of esters is 3. The van der Waals surface area contributed by atoms with Crippen LogP contribution < -0.4 is 0 Å². The highest BCUT2D eigenvalue weighted by Crippen LogP contribution is 2.48. The van der Waals surface area contributed by atoms with Gasteiger partial charge in [0.05, 0.1) is 37.2 Å². The van der Waals surface area contributed by atoms with Crippen LogP contribution in [0.2, 0.25) is 0 Å². The van der Waals surface area contributed by atoms with Crippen molar-refractivity contribution in [3.63, 3.8) is 0 Å². The number of fused-ring (bicyclic) bond motifs is 3. The van der Waals surface area contributed by atoms with Crippen LogP contribution in [0.4, 0.5) is 0 Å². The fraction of sp³-hybridized carbons (Fsp3) is 0.731. The maximum Gasteiger partial charge on any atom is 0.336 e. The molecule has 0 radical (unpaired) electrons. The zero-order chi connectivity index (χ0) is 27.5. The molecule has 10 nitrogen and oxygen atoms in total. The van der Waals surface area contributed by atoms with Crippen LogP contribution in [-0.2, 0) is 38.1 Å². The van der Waals surface area contributed by atoms with Crippen molar-refractivity contribution in [2.24, 2.45) is 17.8 Å². The molecule has 37 heavy (non-hydrogen) atoms. The van der Waals surface area contributed by atoms with E-state index >= 15 is 0 Å². The van der Waals surface area contributed by atoms with Gasteiger partial charge in [-0.15, -0.1) is 11.6 Å². The van der Waals surface area contributed by atoms with E-state index in [0.717, 1.165) is 6.42 Å². The molecule has 2 bridgehead atoms. The van der Waals surface area contributed by atoms with Crippen molar-refractivity contribution < 1.29 is 48.3 Å². The van der Waals surface area contributed by atoms with E-state index in [1.807, 2.05) is 13.8 Å². The van der Waals surface area contributed by atoms with Crippen LogP contribution in [0.5, 0.6) is 0 Å². The number of halogens is 1. The van der Waals surface area contributed by atoms with Gasteiger partial charge in [0.1, 0.15) is 35.9 Å². The Balaban J connectivity index is 2.22. The number of methoxy groups -OCH3 is 1. The monoisotopic (exact) mass is 544 g/mol. The number of ether oxygens (including phenoxy) is 5. The van der Waals surface area contributed by atoms with Gasteiger partial charge < -0.3 is 33.9 Å². The van der Waals surface area contributed by atoms with Crippen molar-refractivity contribution in [2.75, 3.05) is 26.2 Å². The summed E-state index contributed by atoms with van der Waals surface area (Å²) in [6, 6.07) is 0. The molecule has 0 spiro atoms. The number of rotatable bonds is 9. The Bertz CT molecular complexity index is 919. The lowest BCUT2D eigenvalue weighted by molar-refractivity contribution is -0.184. The number of allylic oxidation sites excluding steroid dienone is 1. The molecular weight excluding hydrogens is 508 g/mol. The average Bonchev–Trinajstić information content (AvgIpc) is 3.46. The molecular formula is C26H37ClO10. The molecule has 3 fully saturated rings. The van der Waals surface area contributed by atoms with Gasteiger partial charge in [-0.05, 0) is 25.7 Å². The van der Waals surface area contributed by atoms with E-state index in [2.05, 4.69) is 6.58 Å². The van der Waals surface area contributed by atoms with E-state index in [1.165, 1.54) is 13.2 Å². The van der Waals surface area contributed by atoms with E-state index < -0.39 is 72.5 Å². The Kier molecular flexibility index (Phi) is 9.79. The Morgan fingerprint density at radius 1 is 1.35 bits per heavy atom. The zero-order valence-corrected chi connectivity index (χ0v) is 22.4. The lowest BCUT2D eigenvalue weighted by atomic mass is 9.76. The highest BCUT2D eigenvalue weighted by Gasteiger charge is 2.63. The van der Waals surface area contributed by atoms with Gasteiger partial charge in [0, 0.05) is 12.2 Å². The molecule has 0 saturated carbocycles. The molecule has 0 aromatic rings. The molecule has 0 aromatic carbocycles. The number of aliphatic hydroxyl groups is 2. The van der Waals surface area contributed by atoms with Crippen molar-refractivity contribution in [1.29, 1.82) is 0 Å². The van der Waals surface area contributed by atoms with Crippen LogP contribution in [0.1, 0.15) is 40.0 Å². The van der Waals surface area contributed by atoms with Gasteiger partial charge in [0.15, 0.2) is 0 Å². The number of carbonyl (C=O) groups is 3. The summed E-state index contributed by atoms with van der Waals surface area (Å²) in [4.78, 5) is 39.1. The minimum atomic E-state index is -1.41. The van der Waals surface area contributed by atoms with Gasteiger partial charge in [-0.1, -0.05) is 32.9 Å². The summed E-state index contributed by atoms with van der Waals surface area (Å²) in [5.41, 5.74) is -1.40. The summed E-state index contributed by atoms with van der Waals surface area (Å²) in [7, 11) is 1.23. The summed E-state index contributed by atoms with van der Waals surface area (Å²) in [6.45, 7) is 8.99. The maximum atomic E-state index is 13.3. The summed E-state index contributed by atoms with van der Waals surface area (Å²) in [5, 5.41) is 21.1. The Morgan fingerprint density at radius 3 is 2.62 bits per heavy atom. The smallest absolute Gasteiger partial charge is 0.336 e. The van der Waals surface area contributed by atoms with E-state index in [0.29, 0.717) is 12.8 Å². The fourth-order valence-electron chi connectivity index (χ4n) is 5.25. The molecule has 0 amide bonds. The average molecular weight is 545 g/mol. The van der Waals surface area contributed by atoms with Gasteiger partial charge in [0.2, 0.25) is 0 Å². The Labute approximate surface area is 221 Å². The SMILES string of the molecule is C=C1C(=O)O[C@H]2[C@H]1[C@H](OC(=O)/C(=C/C)CO)[C@@H](OC[C@@H](C)CC)[C@@H](C(=O)OC)[C@H]1CC[C@](CCl)(O1)[C@@H]2O. The topological polar surface area (TPSA) is 138 Å². The summed E-state index contributed by atoms with van der Waals surface area (Å²) >= 11 is 6.30. The summed E-state index contributed by atoms with van der Waals surface area (Å²) in [6.07, 6.45) is -3.09. The first-order chi connectivity index (χ1) is 17.6. The first kappa shape index (κ1) is 29.6. The van der Waals surface area contributed by atoms with Crippen LogP contribution in [0.15, 0.2) is 23.8 Å². The highest BCUT2D eigenvalue weighted by atomic mass is 35.5. The third-order valence-corrected chi connectivity index (χ3v) is 8.23. The molecule has 3 rings (SSSR count). The van der Waals surface area contributed by atoms with Crippen LogP contribution in [0, 0.1) is 17.8 Å². The molecule has 2 N–H and O–H groups in total. The van der Waals surface area contributed by atoms with Gasteiger partial charge in [-0.3, -0.25) is 4.79 Å². The normalized spacial score (nSPS) is 36.6. The minimum absolute atomic E-state index is 0.0295. The van der Waals surface area contributed by atoms with Crippen molar-refractivity contribution in [1.82, 2.24) is 0 Å².